The molecule has 0 bridgehead atoms. The molecule has 0 unspecified atom stereocenters. The maximum atomic E-state index is 10.4. The highest BCUT2D eigenvalue weighted by atomic mass is 16.5. The average Bonchev–Trinajstić information content (AvgIpc) is 2.71. The van der Waals surface area contributed by atoms with E-state index in [1.54, 1.807) is 13.2 Å². The number of hydrogen-bond donors (Lipinski definition) is 0. The van der Waals surface area contributed by atoms with Gasteiger partial charge in [-0.2, -0.15) is 0 Å². The number of hydrogen-bond acceptors (Lipinski definition) is 4. The predicted molar refractivity (Wildman–Crippen MR) is 56.9 cm³/mol. The van der Waals surface area contributed by atoms with Gasteiger partial charge in [0.1, 0.15) is 5.76 Å². The molecule has 0 spiro atoms. The second-order valence-corrected chi connectivity index (χ2v) is 3.28. The third-order valence-electron chi connectivity index (χ3n) is 2.24. The Morgan fingerprint density at radius 1 is 1.53 bits per heavy atom. The van der Waals surface area contributed by atoms with E-state index in [4.69, 9.17) is 9.15 Å². The zero-order valence-corrected chi connectivity index (χ0v) is 9.23. The van der Waals surface area contributed by atoms with Crippen LogP contribution in [0.3, 0.4) is 0 Å². The van der Waals surface area contributed by atoms with Crippen molar-refractivity contribution in [1.82, 2.24) is 4.90 Å². The molecule has 4 heteroatoms. The molecule has 1 aromatic rings. The number of carbonyl (C=O) groups is 1. The first-order valence-electron chi connectivity index (χ1n) is 5.05. The van der Waals surface area contributed by atoms with Crippen molar-refractivity contribution in [2.75, 3.05) is 26.8 Å². The summed E-state index contributed by atoms with van der Waals surface area (Å²) < 4.78 is 10.3. The smallest absolute Gasteiger partial charge is 0.185 e. The molecule has 15 heavy (non-hydrogen) atoms. The Labute approximate surface area is 89.8 Å². The van der Waals surface area contributed by atoms with E-state index in [1.807, 2.05) is 6.07 Å². The van der Waals surface area contributed by atoms with Crippen LogP contribution in [-0.4, -0.2) is 38.0 Å². The van der Waals surface area contributed by atoms with Gasteiger partial charge < -0.3 is 9.15 Å². The van der Waals surface area contributed by atoms with E-state index in [-0.39, 0.29) is 0 Å². The summed E-state index contributed by atoms with van der Waals surface area (Å²) in [6.45, 7) is 5.30. The van der Waals surface area contributed by atoms with Crippen LogP contribution in [0.1, 0.15) is 23.2 Å². The second kappa shape index (κ2) is 6.37. The Morgan fingerprint density at radius 2 is 2.33 bits per heavy atom. The predicted octanol–water partition coefficient (Wildman–Crippen LogP) is 1.56. The molecule has 0 aliphatic rings. The lowest BCUT2D eigenvalue weighted by Gasteiger charge is -2.18. The molecule has 1 heterocycles. The van der Waals surface area contributed by atoms with Crippen molar-refractivity contribution in [2.24, 2.45) is 0 Å². The van der Waals surface area contributed by atoms with Crippen LogP contribution < -0.4 is 0 Å². The molecule has 0 aliphatic heterocycles. The van der Waals surface area contributed by atoms with E-state index in [1.165, 1.54) is 0 Å². The summed E-state index contributed by atoms with van der Waals surface area (Å²) in [6, 6.07) is 3.52. The number of carbonyl (C=O) groups excluding carboxylic acids is 1. The van der Waals surface area contributed by atoms with Gasteiger partial charge in [-0.3, -0.25) is 9.69 Å². The summed E-state index contributed by atoms with van der Waals surface area (Å²) in [5, 5.41) is 0. The number of nitrogens with zero attached hydrogens (tertiary/aromatic N) is 1. The first-order chi connectivity index (χ1) is 7.30. The second-order valence-electron chi connectivity index (χ2n) is 3.28. The van der Waals surface area contributed by atoms with Crippen molar-refractivity contribution in [3.05, 3.63) is 23.7 Å². The van der Waals surface area contributed by atoms with Crippen LogP contribution in [0.5, 0.6) is 0 Å². The van der Waals surface area contributed by atoms with E-state index in [2.05, 4.69) is 11.8 Å². The quantitative estimate of drug-likeness (QED) is 0.642. The molecule has 0 saturated carbocycles. The van der Waals surface area contributed by atoms with Gasteiger partial charge in [0.05, 0.1) is 13.2 Å². The van der Waals surface area contributed by atoms with Gasteiger partial charge in [0.25, 0.3) is 0 Å². The van der Waals surface area contributed by atoms with Gasteiger partial charge >= 0.3 is 0 Å². The Bertz CT molecular complexity index is 296. The monoisotopic (exact) mass is 211 g/mol. The molecule has 4 nitrogen and oxygen atoms in total. The molecule has 0 aromatic carbocycles. The Kier molecular flexibility index (Phi) is 5.07. The number of aldehydes is 1. The Balaban J connectivity index is 2.46. The van der Waals surface area contributed by atoms with Crippen LogP contribution in [0.4, 0.5) is 0 Å². The molecule has 1 aromatic heterocycles. The molecule has 0 fully saturated rings. The minimum atomic E-state index is 0.382. The maximum Gasteiger partial charge on any atom is 0.185 e. The summed E-state index contributed by atoms with van der Waals surface area (Å²) in [6.07, 6.45) is 0.717. The zero-order valence-electron chi connectivity index (χ0n) is 9.23. The molecule has 0 N–H and O–H groups in total. The van der Waals surface area contributed by atoms with Gasteiger partial charge in [0.15, 0.2) is 12.0 Å². The fourth-order valence-electron chi connectivity index (χ4n) is 1.33. The van der Waals surface area contributed by atoms with Crippen LogP contribution in [0, 0.1) is 0 Å². The molecule has 0 atom stereocenters. The SMILES string of the molecule is CCN(CCOC)Cc1ccc(C=O)o1. The van der Waals surface area contributed by atoms with Crippen molar-refractivity contribution in [1.29, 1.82) is 0 Å². The summed E-state index contributed by atoms with van der Waals surface area (Å²) in [4.78, 5) is 12.6. The molecular weight excluding hydrogens is 194 g/mol. The average molecular weight is 211 g/mol. The van der Waals surface area contributed by atoms with Gasteiger partial charge in [-0.15, -0.1) is 0 Å². The van der Waals surface area contributed by atoms with E-state index < -0.39 is 0 Å². The molecule has 1 rings (SSSR count). The number of ether oxygens (including phenoxy) is 1. The van der Waals surface area contributed by atoms with Gasteiger partial charge in [-0.05, 0) is 18.7 Å². The van der Waals surface area contributed by atoms with Crippen LogP contribution in [0.2, 0.25) is 0 Å². The number of furan rings is 1. The molecule has 0 aliphatic carbocycles. The third-order valence-corrected chi connectivity index (χ3v) is 2.24. The van der Waals surface area contributed by atoms with Crippen LogP contribution in [-0.2, 0) is 11.3 Å². The molecule has 0 amide bonds. The standard InChI is InChI=1S/C11H17NO3/c1-3-12(6-7-14-2)8-10-4-5-11(9-13)15-10/h4-5,9H,3,6-8H2,1-2H3. The van der Waals surface area contributed by atoms with Crippen LogP contribution in [0.25, 0.3) is 0 Å². The van der Waals surface area contributed by atoms with Crippen LogP contribution in [0.15, 0.2) is 16.5 Å². The zero-order chi connectivity index (χ0) is 11.1. The summed E-state index contributed by atoms with van der Waals surface area (Å²) >= 11 is 0. The lowest BCUT2D eigenvalue weighted by atomic mass is 10.4. The van der Waals surface area contributed by atoms with E-state index in [9.17, 15) is 4.79 Å². The third kappa shape index (κ3) is 3.85. The number of methoxy groups -OCH3 is 1. The Hall–Kier alpha value is -1.13. The van der Waals surface area contributed by atoms with Gasteiger partial charge in [-0.25, -0.2) is 0 Å². The highest BCUT2D eigenvalue weighted by molar-refractivity contribution is 5.70. The molecular formula is C11H17NO3. The van der Waals surface area contributed by atoms with Gasteiger partial charge in [-0.1, -0.05) is 6.92 Å². The highest BCUT2D eigenvalue weighted by Gasteiger charge is 2.06. The lowest BCUT2D eigenvalue weighted by Crippen LogP contribution is -2.26. The first kappa shape index (κ1) is 11.9. The number of rotatable bonds is 7. The van der Waals surface area contributed by atoms with E-state index in [0.29, 0.717) is 18.9 Å². The fourth-order valence-corrected chi connectivity index (χ4v) is 1.33. The summed E-state index contributed by atoms with van der Waals surface area (Å²) in [5.74, 6) is 1.20. The van der Waals surface area contributed by atoms with Crippen molar-refractivity contribution in [2.45, 2.75) is 13.5 Å². The minimum absolute atomic E-state index is 0.382. The van der Waals surface area contributed by atoms with Crippen molar-refractivity contribution in [3.63, 3.8) is 0 Å². The first-order valence-corrected chi connectivity index (χ1v) is 5.05. The summed E-state index contributed by atoms with van der Waals surface area (Å²) in [7, 11) is 1.69. The van der Waals surface area contributed by atoms with E-state index in [0.717, 1.165) is 25.1 Å². The van der Waals surface area contributed by atoms with Crippen molar-refractivity contribution in [3.8, 4) is 0 Å². The Morgan fingerprint density at radius 3 is 2.87 bits per heavy atom. The minimum Gasteiger partial charge on any atom is -0.457 e. The lowest BCUT2D eigenvalue weighted by molar-refractivity contribution is 0.109. The van der Waals surface area contributed by atoms with E-state index >= 15 is 0 Å². The summed E-state index contributed by atoms with van der Waals surface area (Å²) in [5.41, 5.74) is 0. The largest absolute Gasteiger partial charge is 0.457 e. The van der Waals surface area contributed by atoms with Crippen molar-refractivity contribution >= 4 is 6.29 Å². The van der Waals surface area contributed by atoms with Crippen molar-refractivity contribution < 1.29 is 13.9 Å². The highest BCUT2D eigenvalue weighted by Crippen LogP contribution is 2.08. The number of likely N-dealkylation sites (N-methyl/N-ethyl adjacent to an activating group) is 1. The molecule has 0 saturated heterocycles. The topological polar surface area (TPSA) is 42.7 Å². The normalized spacial score (nSPS) is 10.9. The fraction of sp³-hybridized carbons (Fsp3) is 0.545. The maximum absolute atomic E-state index is 10.4. The van der Waals surface area contributed by atoms with Crippen LogP contribution >= 0.6 is 0 Å². The van der Waals surface area contributed by atoms with Gasteiger partial charge in [0, 0.05) is 13.7 Å². The molecule has 84 valence electrons. The van der Waals surface area contributed by atoms with Gasteiger partial charge in [0.2, 0.25) is 0 Å². The molecule has 0 radical (unpaired) electrons.